The highest BCUT2D eigenvalue weighted by atomic mass is 35.5. The molecule has 0 saturated heterocycles. The number of nitrogens with zero attached hydrogens (tertiary/aromatic N) is 3. The number of aromatic nitrogens is 2. The quantitative estimate of drug-likeness (QED) is 0.295. The van der Waals surface area contributed by atoms with Crippen LogP contribution in [0.3, 0.4) is 0 Å². The minimum absolute atomic E-state index is 0.207. The predicted molar refractivity (Wildman–Crippen MR) is 121 cm³/mol. The van der Waals surface area contributed by atoms with E-state index in [1.165, 1.54) is 0 Å². The number of hydrogen-bond acceptors (Lipinski definition) is 4. The molecular weight excluding hydrogens is 414 g/mol. The Kier molecular flexibility index (Phi) is 6.28. The highest BCUT2D eigenvalue weighted by Gasteiger charge is 2.47. The summed E-state index contributed by atoms with van der Waals surface area (Å²) in [4.78, 5) is 33.2. The lowest BCUT2D eigenvalue weighted by molar-refractivity contribution is -0.153. The van der Waals surface area contributed by atoms with Crippen LogP contribution >= 0.6 is 11.6 Å². The summed E-state index contributed by atoms with van der Waals surface area (Å²) < 4.78 is 7.35. The van der Waals surface area contributed by atoms with Crippen molar-refractivity contribution in [1.29, 1.82) is 0 Å². The fraction of sp³-hybridized carbons (Fsp3) is 0.375. The van der Waals surface area contributed by atoms with Crippen LogP contribution in [-0.4, -0.2) is 34.6 Å². The molecule has 0 radical (unpaired) electrons. The summed E-state index contributed by atoms with van der Waals surface area (Å²) in [5, 5.41) is 0.545. The van der Waals surface area contributed by atoms with Crippen molar-refractivity contribution in [2.75, 3.05) is 18.1 Å². The van der Waals surface area contributed by atoms with Crippen molar-refractivity contribution in [3.8, 4) is 0 Å². The van der Waals surface area contributed by atoms with E-state index in [-0.39, 0.29) is 12.5 Å². The lowest BCUT2D eigenvalue weighted by Crippen LogP contribution is -2.50. The molecule has 1 aromatic heterocycles. The maximum atomic E-state index is 13.7. The van der Waals surface area contributed by atoms with Gasteiger partial charge in [0.1, 0.15) is 0 Å². The molecule has 0 unspecified atom stereocenters. The number of benzene rings is 2. The van der Waals surface area contributed by atoms with Crippen molar-refractivity contribution in [2.24, 2.45) is 5.92 Å². The monoisotopic (exact) mass is 439 g/mol. The van der Waals surface area contributed by atoms with E-state index in [4.69, 9.17) is 21.3 Å². The number of para-hydroxylation sites is 2. The Hall–Kier alpha value is -2.86. The van der Waals surface area contributed by atoms with E-state index in [1.807, 2.05) is 41.0 Å². The largest absolute Gasteiger partial charge is 0.465 e. The number of esters is 1. The number of carbonyl (C=O) groups excluding carboxylic acids is 2. The standard InChI is InChI=1S/C24H26ClN3O3/c1-3-5-8-14-27-22(29)20(23(30)31-4-2)21(16-10-9-11-17(25)15-16)28-19-13-7-6-12-18(19)26-24(27)28/h6-7,9-13,15,20-21H,3-5,8,14H2,1-2H3/t20-,21-/m1/s1. The maximum Gasteiger partial charge on any atom is 0.321 e. The lowest BCUT2D eigenvalue weighted by atomic mass is 9.89. The third-order valence-corrected chi connectivity index (χ3v) is 5.90. The Morgan fingerprint density at radius 1 is 1.13 bits per heavy atom. The molecule has 0 bridgehead atoms. The van der Waals surface area contributed by atoms with Crippen LogP contribution in [0.5, 0.6) is 0 Å². The molecule has 1 aliphatic heterocycles. The van der Waals surface area contributed by atoms with Gasteiger partial charge in [0.05, 0.1) is 23.7 Å². The molecule has 2 aromatic carbocycles. The van der Waals surface area contributed by atoms with Crippen molar-refractivity contribution in [1.82, 2.24) is 9.55 Å². The second-order valence-electron chi connectivity index (χ2n) is 7.70. The molecule has 0 N–H and O–H groups in total. The molecule has 0 spiro atoms. The first-order valence-electron chi connectivity index (χ1n) is 10.8. The predicted octanol–water partition coefficient (Wildman–Crippen LogP) is 5.00. The zero-order valence-electron chi connectivity index (χ0n) is 17.8. The van der Waals surface area contributed by atoms with Gasteiger partial charge in [0, 0.05) is 11.6 Å². The number of hydrogen-bond donors (Lipinski definition) is 0. The van der Waals surface area contributed by atoms with Crippen LogP contribution in [0.15, 0.2) is 48.5 Å². The zero-order chi connectivity index (χ0) is 22.0. The van der Waals surface area contributed by atoms with Crippen LogP contribution < -0.4 is 4.90 Å². The number of amides is 1. The molecule has 7 heteroatoms. The van der Waals surface area contributed by atoms with Crippen molar-refractivity contribution in [3.05, 3.63) is 59.1 Å². The highest BCUT2D eigenvalue weighted by molar-refractivity contribution is 6.30. The average Bonchev–Trinajstić information content (AvgIpc) is 3.14. The van der Waals surface area contributed by atoms with Gasteiger partial charge in [-0.1, -0.05) is 55.6 Å². The van der Waals surface area contributed by atoms with Crippen LogP contribution in [0.1, 0.15) is 44.7 Å². The summed E-state index contributed by atoms with van der Waals surface area (Å²) in [6.07, 6.45) is 2.86. The molecule has 6 nitrogen and oxygen atoms in total. The van der Waals surface area contributed by atoms with Crippen molar-refractivity contribution < 1.29 is 14.3 Å². The molecular formula is C24H26ClN3O3. The van der Waals surface area contributed by atoms with Gasteiger partial charge in [0.25, 0.3) is 0 Å². The van der Waals surface area contributed by atoms with Crippen LogP contribution in [0.2, 0.25) is 5.02 Å². The minimum atomic E-state index is -1.01. The molecule has 0 aliphatic carbocycles. The summed E-state index contributed by atoms with van der Waals surface area (Å²) >= 11 is 6.28. The topological polar surface area (TPSA) is 64.4 Å². The first-order chi connectivity index (χ1) is 15.1. The number of imidazole rings is 1. The van der Waals surface area contributed by atoms with Gasteiger partial charge in [-0.3, -0.25) is 14.5 Å². The number of halogens is 1. The van der Waals surface area contributed by atoms with Gasteiger partial charge in [-0.25, -0.2) is 4.98 Å². The number of carbonyl (C=O) groups is 2. The normalized spacial score (nSPS) is 18.3. The Morgan fingerprint density at radius 3 is 2.68 bits per heavy atom. The van der Waals surface area contributed by atoms with E-state index < -0.39 is 17.9 Å². The Labute approximate surface area is 186 Å². The molecule has 2 heterocycles. The molecule has 2 atom stereocenters. The van der Waals surface area contributed by atoms with E-state index in [1.54, 1.807) is 24.0 Å². The van der Waals surface area contributed by atoms with Crippen LogP contribution in [0.25, 0.3) is 11.0 Å². The Bertz CT molecular complexity index is 1110. The molecule has 1 amide bonds. The summed E-state index contributed by atoms with van der Waals surface area (Å²) in [5.74, 6) is -1.25. The van der Waals surface area contributed by atoms with Gasteiger partial charge < -0.3 is 9.30 Å². The first-order valence-corrected chi connectivity index (χ1v) is 11.1. The molecule has 1 aliphatic rings. The zero-order valence-corrected chi connectivity index (χ0v) is 18.5. The van der Waals surface area contributed by atoms with Crippen molar-refractivity contribution in [3.63, 3.8) is 0 Å². The lowest BCUT2D eigenvalue weighted by Gasteiger charge is -2.38. The van der Waals surface area contributed by atoms with Gasteiger partial charge in [0.2, 0.25) is 11.9 Å². The Morgan fingerprint density at radius 2 is 1.94 bits per heavy atom. The minimum Gasteiger partial charge on any atom is -0.465 e. The van der Waals surface area contributed by atoms with Crippen LogP contribution in [-0.2, 0) is 14.3 Å². The highest BCUT2D eigenvalue weighted by Crippen LogP contribution is 2.41. The van der Waals surface area contributed by atoms with E-state index in [2.05, 4.69) is 6.92 Å². The number of fused-ring (bicyclic) bond motifs is 3. The molecule has 0 fully saturated rings. The Balaban J connectivity index is 1.94. The first kappa shape index (κ1) is 21.4. The van der Waals surface area contributed by atoms with Crippen LogP contribution in [0.4, 0.5) is 5.95 Å². The average molecular weight is 440 g/mol. The van der Waals surface area contributed by atoms with Crippen molar-refractivity contribution in [2.45, 2.75) is 39.2 Å². The third kappa shape index (κ3) is 3.92. The van der Waals surface area contributed by atoms with E-state index in [9.17, 15) is 9.59 Å². The molecule has 31 heavy (non-hydrogen) atoms. The van der Waals surface area contributed by atoms with E-state index in [0.717, 1.165) is 35.9 Å². The van der Waals surface area contributed by atoms with Crippen molar-refractivity contribution >= 4 is 40.5 Å². The van der Waals surface area contributed by atoms with E-state index >= 15 is 0 Å². The number of ether oxygens (including phenoxy) is 1. The summed E-state index contributed by atoms with van der Waals surface area (Å²) in [6.45, 7) is 4.58. The maximum absolute atomic E-state index is 13.7. The fourth-order valence-electron chi connectivity index (χ4n) is 4.27. The van der Waals surface area contributed by atoms with Gasteiger partial charge in [-0.15, -0.1) is 0 Å². The van der Waals surface area contributed by atoms with E-state index in [0.29, 0.717) is 17.5 Å². The smallest absolute Gasteiger partial charge is 0.321 e. The summed E-state index contributed by atoms with van der Waals surface area (Å²) in [6, 6.07) is 14.4. The number of rotatable bonds is 7. The molecule has 4 rings (SSSR count). The van der Waals surface area contributed by atoms with Gasteiger partial charge in [-0.05, 0) is 43.2 Å². The molecule has 0 saturated carbocycles. The number of anilines is 1. The number of unbranched alkanes of at least 4 members (excludes halogenated alkanes) is 2. The molecule has 162 valence electrons. The third-order valence-electron chi connectivity index (χ3n) is 5.66. The van der Waals surface area contributed by atoms with Crippen LogP contribution in [0, 0.1) is 5.92 Å². The SMILES string of the molecule is CCCCCN1C(=O)[C@H](C(=O)OCC)[C@@H](c2cccc(Cl)c2)n2c1nc1ccccc12. The summed E-state index contributed by atoms with van der Waals surface area (Å²) in [5.41, 5.74) is 2.42. The second-order valence-corrected chi connectivity index (χ2v) is 8.13. The second kappa shape index (κ2) is 9.10. The summed E-state index contributed by atoms with van der Waals surface area (Å²) in [7, 11) is 0. The van der Waals surface area contributed by atoms with Gasteiger partial charge in [0.15, 0.2) is 5.92 Å². The van der Waals surface area contributed by atoms with Gasteiger partial charge in [-0.2, -0.15) is 0 Å². The van der Waals surface area contributed by atoms with Gasteiger partial charge >= 0.3 is 5.97 Å². The molecule has 3 aromatic rings. The fourth-order valence-corrected chi connectivity index (χ4v) is 4.47.